The van der Waals surface area contributed by atoms with Gasteiger partial charge in [0.15, 0.2) is 0 Å². The summed E-state index contributed by atoms with van der Waals surface area (Å²) in [4.78, 5) is 15.3. The number of ether oxygens (including phenoxy) is 2. The molecule has 5 heteroatoms. The largest absolute Gasteiger partial charge is 0.444 e. The lowest BCUT2D eigenvalue weighted by molar-refractivity contribution is 0.0493. The number of carbonyl (C=O) groups is 1. The van der Waals surface area contributed by atoms with E-state index in [4.69, 9.17) is 9.47 Å². The molecule has 1 aromatic heterocycles. The fourth-order valence-corrected chi connectivity index (χ4v) is 2.37. The zero-order chi connectivity index (χ0) is 17.1. The van der Waals surface area contributed by atoms with Crippen LogP contribution in [-0.4, -0.2) is 29.8 Å². The van der Waals surface area contributed by atoms with E-state index in [-0.39, 0.29) is 6.09 Å². The Kier molecular flexibility index (Phi) is 8.62. The quantitative estimate of drug-likeness (QED) is 0.911. The smallest absolute Gasteiger partial charge is 0.407 e. The van der Waals surface area contributed by atoms with Crippen LogP contribution in [0.15, 0.2) is 24.5 Å². The number of hydrogen-bond donors (Lipinski definition) is 1. The first kappa shape index (κ1) is 19.4. The van der Waals surface area contributed by atoms with Gasteiger partial charge in [0.1, 0.15) is 5.60 Å². The highest BCUT2D eigenvalue weighted by Gasteiger charge is 2.20. The number of pyridine rings is 1. The predicted octanol–water partition coefficient (Wildman–Crippen LogP) is 4.07. The van der Waals surface area contributed by atoms with Crippen molar-refractivity contribution in [3.8, 4) is 0 Å². The van der Waals surface area contributed by atoms with Gasteiger partial charge in [-0.25, -0.2) is 4.79 Å². The maximum absolute atomic E-state index is 11.4. The minimum atomic E-state index is -0.390. The van der Waals surface area contributed by atoms with E-state index in [1.165, 1.54) is 19.3 Å². The highest BCUT2D eigenvalue weighted by atomic mass is 16.6. The van der Waals surface area contributed by atoms with Crippen LogP contribution < -0.4 is 5.32 Å². The number of nitrogens with one attached hydrogen (secondary N) is 1. The van der Waals surface area contributed by atoms with Crippen LogP contribution in [0.3, 0.4) is 0 Å². The summed E-state index contributed by atoms with van der Waals surface area (Å²) in [6.07, 6.45) is 9.18. The van der Waals surface area contributed by atoms with E-state index in [9.17, 15) is 4.79 Å². The number of carbonyl (C=O) groups excluding carboxylic acids is 1. The average Bonchev–Trinajstić information content (AvgIpc) is 2.48. The van der Waals surface area contributed by atoms with Gasteiger partial charge >= 0.3 is 6.09 Å². The zero-order valence-corrected chi connectivity index (χ0v) is 14.8. The Bertz CT molecular complexity index is 437. The molecule has 2 rings (SSSR count). The van der Waals surface area contributed by atoms with Crippen LogP contribution in [0.5, 0.6) is 0 Å². The molecule has 0 aliphatic heterocycles. The van der Waals surface area contributed by atoms with Gasteiger partial charge < -0.3 is 14.8 Å². The number of rotatable bonds is 3. The highest BCUT2D eigenvalue weighted by Crippen LogP contribution is 2.18. The van der Waals surface area contributed by atoms with Crippen LogP contribution in [0.2, 0.25) is 0 Å². The number of methoxy groups -OCH3 is 1. The first-order valence-electron chi connectivity index (χ1n) is 8.28. The van der Waals surface area contributed by atoms with Gasteiger partial charge in [0.05, 0.1) is 6.61 Å². The summed E-state index contributed by atoms with van der Waals surface area (Å²) in [6.45, 7) is 6.32. The molecular formula is C18H30N2O3. The van der Waals surface area contributed by atoms with E-state index in [0.717, 1.165) is 18.4 Å². The predicted molar refractivity (Wildman–Crippen MR) is 91.2 cm³/mol. The van der Waals surface area contributed by atoms with Crippen LogP contribution in [-0.2, 0) is 16.1 Å². The van der Waals surface area contributed by atoms with E-state index < -0.39 is 5.60 Å². The molecule has 1 saturated carbocycles. The van der Waals surface area contributed by atoms with Gasteiger partial charge in [0.25, 0.3) is 0 Å². The lowest BCUT2D eigenvalue weighted by Gasteiger charge is -2.25. The second-order valence-corrected chi connectivity index (χ2v) is 6.77. The lowest BCUT2D eigenvalue weighted by Crippen LogP contribution is -2.39. The third kappa shape index (κ3) is 9.89. The van der Waals surface area contributed by atoms with Crippen LogP contribution in [0.4, 0.5) is 4.79 Å². The van der Waals surface area contributed by atoms with Crippen molar-refractivity contribution < 1.29 is 14.3 Å². The molecule has 1 aliphatic rings. The Hall–Kier alpha value is -1.62. The second kappa shape index (κ2) is 10.2. The number of hydrogen-bond acceptors (Lipinski definition) is 4. The van der Waals surface area contributed by atoms with Gasteiger partial charge in [-0.15, -0.1) is 0 Å². The van der Waals surface area contributed by atoms with Crippen LogP contribution in [0.1, 0.15) is 58.4 Å². The van der Waals surface area contributed by atoms with Crippen molar-refractivity contribution in [1.82, 2.24) is 10.3 Å². The molecule has 1 amide bonds. The van der Waals surface area contributed by atoms with Gasteiger partial charge in [0.2, 0.25) is 0 Å². The molecule has 0 saturated heterocycles. The molecule has 0 bridgehead atoms. The Balaban J connectivity index is 0.000000253. The van der Waals surface area contributed by atoms with Crippen molar-refractivity contribution >= 4 is 6.09 Å². The van der Waals surface area contributed by atoms with Crippen molar-refractivity contribution in [3.05, 3.63) is 30.1 Å². The second-order valence-electron chi connectivity index (χ2n) is 6.77. The average molecular weight is 322 g/mol. The number of alkyl carbamates (subject to hydrolysis) is 1. The minimum Gasteiger partial charge on any atom is -0.444 e. The SMILES string of the molecule is CC(C)(C)OC(=O)NC1CCCCC1.COCc1ccncc1. The first-order valence-corrected chi connectivity index (χ1v) is 8.28. The van der Waals surface area contributed by atoms with Crippen molar-refractivity contribution in [1.29, 1.82) is 0 Å². The van der Waals surface area contributed by atoms with Crippen molar-refractivity contribution in [3.63, 3.8) is 0 Å². The van der Waals surface area contributed by atoms with Crippen LogP contribution in [0.25, 0.3) is 0 Å². The molecule has 1 aromatic rings. The summed E-state index contributed by atoms with van der Waals surface area (Å²) in [7, 11) is 1.68. The van der Waals surface area contributed by atoms with E-state index >= 15 is 0 Å². The molecule has 1 heterocycles. The van der Waals surface area contributed by atoms with Gasteiger partial charge in [-0.1, -0.05) is 19.3 Å². The lowest BCUT2D eigenvalue weighted by atomic mass is 9.96. The maximum atomic E-state index is 11.4. The molecule has 1 aliphatic carbocycles. The molecule has 0 unspecified atom stereocenters. The monoisotopic (exact) mass is 322 g/mol. The molecular weight excluding hydrogens is 292 g/mol. The molecule has 0 spiro atoms. The van der Waals surface area contributed by atoms with E-state index in [0.29, 0.717) is 12.6 Å². The topological polar surface area (TPSA) is 60.5 Å². The number of aromatic nitrogens is 1. The van der Waals surface area contributed by atoms with Gasteiger partial charge in [0, 0.05) is 25.5 Å². The summed E-state index contributed by atoms with van der Waals surface area (Å²) in [5.41, 5.74) is 0.770. The summed E-state index contributed by atoms with van der Waals surface area (Å²) < 4.78 is 10.1. The Morgan fingerprint density at radius 3 is 2.35 bits per heavy atom. The Morgan fingerprint density at radius 2 is 1.83 bits per heavy atom. The molecule has 1 N–H and O–H groups in total. The van der Waals surface area contributed by atoms with Crippen molar-refractivity contribution in [2.24, 2.45) is 0 Å². The van der Waals surface area contributed by atoms with Crippen molar-refractivity contribution in [2.75, 3.05) is 7.11 Å². The summed E-state index contributed by atoms with van der Waals surface area (Å²) in [5, 5.41) is 2.91. The minimum absolute atomic E-state index is 0.274. The van der Waals surface area contributed by atoms with Crippen LogP contribution in [0, 0.1) is 0 Å². The zero-order valence-electron chi connectivity index (χ0n) is 14.8. The number of nitrogens with zero attached hydrogens (tertiary/aromatic N) is 1. The summed E-state index contributed by atoms with van der Waals surface area (Å²) >= 11 is 0. The third-order valence-electron chi connectivity index (χ3n) is 3.39. The van der Waals surface area contributed by atoms with E-state index in [2.05, 4.69) is 10.3 Å². The first-order chi connectivity index (χ1) is 10.9. The van der Waals surface area contributed by atoms with Crippen molar-refractivity contribution in [2.45, 2.75) is 71.1 Å². The molecule has 130 valence electrons. The molecule has 23 heavy (non-hydrogen) atoms. The summed E-state index contributed by atoms with van der Waals surface area (Å²) in [5.74, 6) is 0. The molecule has 0 aromatic carbocycles. The highest BCUT2D eigenvalue weighted by molar-refractivity contribution is 5.68. The fourth-order valence-electron chi connectivity index (χ4n) is 2.37. The molecule has 5 nitrogen and oxygen atoms in total. The van der Waals surface area contributed by atoms with Gasteiger partial charge in [-0.2, -0.15) is 0 Å². The number of amides is 1. The molecule has 0 radical (unpaired) electrons. The standard InChI is InChI=1S/C11H21NO2.C7H9NO/c1-11(2,3)14-10(13)12-9-7-5-4-6-8-9;1-9-6-7-2-4-8-5-3-7/h9H,4-8H2,1-3H3,(H,12,13);2-5H,6H2,1H3. The van der Waals surface area contributed by atoms with Gasteiger partial charge in [-0.3, -0.25) is 4.98 Å². The van der Waals surface area contributed by atoms with E-state index in [1.54, 1.807) is 19.5 Å². The molecule has 0 atom stereocenters. The summed E-state index contributed by atoms with van der Waals surface area (Å²) in [6, 6.07) is 4.20. The van der Waals surface area contributed by atoms with Crippen LogP contribution >= 0.6 is 0 Å². The van der Waals surface area contributed by atoms with E-state index in [1.807, 2.05) is 32.9 Å². The Morgan fingerprint density at radius 1 is 1.22 bits per heavy atom. The van der Waals surface area contributed by atoms with Gasteiger partial charge in [-0.05, 0) is 51.3 Å². The normalized spacial score (nSPS) is 15.3. The Labute approximate surface area is 139 Å². The molecule has 1 fully saturated rings. The maximum Gasteiger partial charge on any atom is 0.407 e. The third-order valence-corrected chi connectivity index (χ3v) is 3.39. The fraction of sp³-hybridized carbons (Fsp3) is 0.667.